The highest BCUT2D eigenvalue weighted by atomic mass is 16.3. The lowest BCUT2D eigenvalue weighted by atomic mass is 9.87. The summed E-state index contributed by atoms with van der Waals surface area (Å²) in [5.74, 6) is 0.960. The van der Waals surface area contributed by atoms with Crippen molar-refractivity contribution in [3.63, 3.8) is 0 Å². The molecule has 96 valence electrons. The van der Waals surface area contributed by atoms with Gasteiger partial charge in [-0.05, 0) is 37.0 Å². The first-order valence-electron chi connectivity index (χ1n) is 6.83. The third kappa shape index (κ3) is 1.38. The summed E-state index contributed by atoms with van der Waals surface area (Å²) in [5, 5.41) is 10.3. The summed E-state index contributed by atoms with van der Waals surface area (Å²) in [5.41, 5.74) is 6.40. The molecule has 2 nitrogen and oxygen atoms in total. The lowest BCUT2D eigenvalue weighted by molar-refractivity contribution is 0.619. The summed E-state index contributed by atoms with van der Waals surface area (Å²) in [7, 11) is 0. The minimum atomic E-state index is 0.618. The Labute approximate surface area is 117 Å². The first-order valence-corrected chi connectivity index (χ1v) is 6.83. The van der Waals surface area contributed by atoms with E-state index in [-0.39, 0.29) is 0 Å². The van der Waals surface area contributed by atoms with Gasteiger partial charge in [0.2, 0.25) is 0 Å². The van der Waals surface area contributed by atoms with E-state index in [0.717, 1.165) is 29.6 Å². The molecule has 0 spiro atoms. The number of hydrogen-bond donors (Lipinski definition) is 0. The molecule has 1 aromatic heterocycles. The molecule has 20 heavy (non-hydrogen) atoms. The molecule has 0 saturated carbocycles. The molecule has 0 N–H and O–H groups in total. The topological polar surface area (TPSA) is 36.9 Å². The number of fused-ring (bicyclic) bond motifs is 5. The fraction of sp³-hybridized carbons (Fsp3) is 0.167. The fourth-order valence-electron chi connectivity index (χ4n) is 3.23. The molecular weight excluding hydrogens is 246 g/mol. The van der Waals surface area contributed by atoms with Crippen LogP contribution in [0.2, 0.25) is 0 Å². The van der Waals surface area contributed by atoms with E-state index in [1.54, 1.807) is 0 Å². The number of para-hydroxylation sites is 1. The third-order valence-corrected chi connectivity index (χ3v) is 4.17. The van der Waals surface area contributed by atoms with E-state index in [0.29, 0.717) is 5.56 Å². The molecule has 0 saturated heterocycles. The van der Waals surface area contributed by atoms with Crippen molar-refractivity contribution in [3.05, 3.63) is 58.7 Å². The van der Waals surface area contributed by atoms with Crippen LogP contribution < -0.4 is 0 Å². The molecule has 0 atom stereocenters. The van der Waals surface area contributed by atoms with Crippen LogP contribution in [0.5, 0.6) is 0 Å². The van der Waals surface area contributed by atoms with Gasteiger partial charge in [-0.25, -0.2) is 0 Å². The average molecular weight is 259 g/mol. The summed E-state index contributed by atoms with van der Waals surface area (Å²) < 4.78 is 6.10. The summed E-state index contributed by atoms with van der Waals surface area (Å²) in [6, 6.07) is 14.4. The predicted molar refractivity (Wildman–Crippen MR) is 78.5 cm³/mol. The van der Waals surface area contributed by atoms with E-state index in [9.17, 15) is 5.26 Å². The van der Waals surface area contributed by atoms with Crippen LogP contribution in [0.25, 0.3) is 22.3 Å². The van der Waals surface area contributed by atoms with E-state index in [2.05, 4.69) is 37.3 Å². The number of rotatable bonds is 0. The maximum Gasteiger partial charge on any atom is 0.152 e. The summed E-state index contributed by atoms with van der Waals surface area (Å²) in [6.45, 7) is 2.12. The lowest BCUT2D eigenvalue weighted by Crippen LogP contribution is -2.03. The number of nitrogens with zero attached hydrogens (tertiary/aromatic N) is 1. The molecule has 2 aromatic carbocycles. The highest BCUT2D eigenvalue weighted by Gasteiger charge is 2.24. The predicted octanol–water partition coefficient (Wildman–Crippen LogP) is 4.38. The smallest absolute Gasteiger partial charge is 0.152 e. The molecule has 4 rings (SSSR count). The Hall–Kier alpha value is -2.53. The van der Waals surface area contributed by atoms with Gasteiger partial charge < -0.3 is 4.42 Å². The highest BCUT2D eigenvalue weighted by Crippen LogP contribution is 2.42. The summed E-state index contributed by atoms with van der Waals surface area (Å²) in [6.07, 6.45) is 2.02. The number of benzene rings is 2. The van der Waals surface area contributed by atoms with Crippen molar-refractivity contribution in [2.24, 2.45) is 0 Å². The third-order valence-electron chi connectivity index (χ3n) is 4.17. The maximum atomic E-state index is 9.24. The molecule has 0 unspecified atom stereocenters. The van der Waals surface area contributed by atoms with Crippen molar-refractivity contribution in [1.82, 2.24) is 0 Å². The first-order chi connectivity index (χ1) is 9.79. The Kier molecular flexibility index (Phi) is 2.25. The van der Waals surface area contributed by atoms with Crippen molar-refractivity contribution in [2.45, 2.75) is 19.8 Å². The maximum absolute atomic E-state index is 9.24. The molecule has 1 aliphatic carbocycles. The largest absolute Gasteiger partial charge is 0.454 e. The monoisotopic (exact) mass is 259 g/mol. The first kappa shape index (κ1) is 11.3. The second kappa shape index (κ2) is 3.98. The van der Waals surface area contributed by atoms with Crippen LogP contribution in [0, 0.1) is 18.3 Å². The van der Waals surface area contributed by atoms with E-state index in [1.165, 1.54) is 22.3 Å². The van der Waals surface area contributed by atoms with Crippen LogP contribution in [-0.4, -0.2) is 0 Å². The standard InChI is InChI=1S/C18H13NO/c1-11-4-2-5-12-8-9-15-14-7-3-6-13(10-19)17(14)20-18(15)16(11)12/h2-7H,8-9H2,1H3. The van der Waals surface area contributed by atoms with Crippen LogP contribution >= 0.6 is 0 Å². The average Bonchev–Trinajstić information content (AvgIpc) is 2.85. The Bertz CT molecular complexity index is 880. The molecule has 0 fully saturated rings. The van der Waals surface area contributed by atoms with Gasteiger partial charge in [-0.15, -0.1) is 0 Å². The Morgan fingerprint density at radius 2 is 1.95 bits per heavy atom. The van der Waals surface area contributed by atoms with Crippen LogP contribution in [0.15, 0.2) is 40.8 Å². The zero-order valence-electron chi connectivity index (χ0n) is 11.2. The quantitative estimate of drug-likeness (QED) is 0.600. The van der Waals surface area contributed by atoms with Crippen LogP contribution in [0.3, 0.4) is 0 Å². The van der Waals surface area contributed by atoms with Gasteiger partial charge in [0.15, 0.2) is 5.58 Å². The molecule has 1 heterocycles. The minimum absolute atomic E-state index is 0.618. The molecule has 0 aliphatic heterocycles. The van der Waals surface area contributed by atoms with Gasteiger partial charge in [0.1, 0.15) is 11.8 Å². The Balaban J connectivity index is 2.13. The molecule has 3 aromatic rings. The van der Waals surface area contributed by atoms with Crippen molar-refractivity contribution < 1.29 is 4.42 Å². The molecule has 0 radical (unpaired) electrons. The Morgan fingerprint density at radius 3 is 2.80 bits per heavy atom. The molecule has 0 bridgehead atoms. The van der Waals surface area contributed by atoms with Crippen LogP contribution in [0.1, 0.15) is 22.3 Å². The van der Waals surface area contributed by atoms with Crippen LogP contribution in [0.4, 0.5) is 0 Å². The molecular formula is C18H13NO. The number of nitriles is 1. The molecule has 1 aliphatic rings. The number of aryl methyl sites for hydroxylation is 3. The van der Waals surface area contributed by atoms with E-state index in [4.69, 9.17) is 4.42 Å². The normalized spacial score (nSPS) is 12.8. The second-order valence-corrected chi connectivity index (χ2v) is 5.31. The fourth-order valence-corrected chi connectivity index (χ4v) is 3.23. The van der Waals surface area contributed by atoms with Gasteiger partial charge in [-0.1, -0.05) is 30.3 Å². The van der Waals surface area contributed by atoms with E-state index >= 15 is 0 Å². The number of hydrogen-bond acceptors (Lipinski definition) is 2. The van der Waals surface area contributed by atoms with Gasteiger partial charge in [0.25, 0.3) is 0 Å². The summed E-state index contributed by atoms with van der Waals surface area (Å²) in [4.78, 5) is 0. The van der Waals surface area contributed by atoms with E-state index < -0.39 is 0 Å². The minimum Gasteiger partial charge on any atom is -0.454 e. The van der Waals surface area contributed by atoms with Crippen molar-refractivity contribution in [1.29, 1.82) is 5.26 Å². The van der Waals surface area contributed by atoms with Gasteiger partial charge in [-0.3, -0.25) is 0 Å². The van der Waals surface area contributed by atoms with E-state index in [1.807, 2.05) is 12.1 Å². The number of furan rings is 1. The molecule has 2 heteroatoms. The summed E-state index contributed by atoms with van der Waals surface area (Å²) >= 11 is 0. The lowest BCUT2D eigenvalue weighted by Gasteiger charge is -2.17. The molecule has 0 amide bonds. The highest BCUT2D eigenvalue weighted by molar-refractivity contribution is 5.93. The zero-order chi connectivity index (χ0) is 13.7. The van der Waals surface area contributed by atoms with Gasteiger partial charge in [-0.2, -0.15) is 5.26 Å². The van der Waals surface area contributed by atoms with Crippen molar-refractivity contribution in [3.8, 4) is 17.4 Å². The van der Waals surface area contributed by atoms with Crippen molar-refractivity contribution >= 4 is 11.0 Å². The van der Waals surface area contributed by atoms with Gasteiger partial charge >= 0.3 is 0 Å². The second-order valence-electron chi connectivity index (χ2n) is 5.31. The van der Waals surface area contributed by atoms with Crippen molar-refractivity contribution in [2.75, 3.05) is 0 Å². The zero-order valence-corrected chi connectivity index (χ0v) is 11.2. The van der Waals surface area contributed by atoms with Crippen LogP contribution in [-0.2, 0) is 12.8 Å². The van der Waals surface area contributed by atoms with Gasteiger partial charge in [0.05, 0.1) is 5.56 Å². The van der Waals surface area contributed by atoms with Gasteiger partial charge in [0, 0.05) is 16.5 Å². The SMILES string of the molecule is Cc1cccc2c1-c1oc3c(C#N)cccc3c1CC2. The Morgan fingerprint density at radius 1 is 1.10 bits per heavy atom.